The van der Waals surface area contributed by atoms with E-state index in [0.29, 0.717) is 6.54 Å². The number of amides is 1. The van der Waals surface area contributed by atoms with E-state index in [9.17, 15) is 9.59 Å². The van der Waals surface area contributed by atoms with Crippen molar-refractivity contribution < 1.29 is 14.3 Å². The molecule has 0 fully saturated rings. The fourth-order valence-corrected chi connectivity index (χ4v) is 3.06. The van der Waals surface area contributed by atoms with Gasteiger partial charge in [-0.15, -0.1) is 11.3 Å². The number of carbonyl (C=O) groups excluding carboxylic acids is 2. The summed E-state index contributed by atoms with van der Waals surface area (Å²) in [5.41, 5.74) is 6.87. The van der Waals surface area contributed by atoms with Crippen molar-refractivity contribution in [2.75, 3.05) is 0 Å². The van der Waals surface area contributed by atoms with Gasteiger partial charge >= 0.3 is 5.97 Å². The summed E-state index contributed by atoms with van der Waals surface area (Å²) in [7, 11) is 0. The molecule has 0 unspecified atom stereocenters. The Balaban J connectivity index is 1.87. The van der Waals surface area contributed by atoms with Crippen LogP contribution in [0.5, 0.6) is 0 Å². The van der Waals surface area contributed by atoms with E-state index in [0.717, 1.165) is 10.4 Å². The van der Waals surface area contributed by atoms with E-state index in [1.54, 1.807) is 16.2 Å². The van der Waals surface area contributed by atoms with E-state index >= 15 is 0 Å². The fraction of sp³-hybridized carbons (Fsp3) is 0.368. The third kappa shape index (κ3) is 5.99. The molecule has 5 nitrogen and oxygen atoms in total. The molecule has 0 saturated carbocycles. The second-order valence-corrected chi connectivity index (χ2v) is 7.13. The minimum absolute atomic E-state index is 0.000916. The second kappa shape index (κ2) is 9.34. The van der Waals surface area contributed by atoms with Crippen molar-refractivity contribution in [1.29, 1.82) is 0 Å². The standard InChI is InChI=1S/C19H24N2O3S/c1-14(2)21(12-16-9-6-10-25-16)19(23)17(20)11-18(22)24-13-15-7-4-3-5-8-15/h3-10,14,17H,11-13,20H2,1-2H3/t17-/m0/s1. The zero-order chi connectivity index (χ0) is 18.2. The zero-order valence-electron chi connectivity index (χ0n) is 14.6. The van der Waals surface area contributed by atoms with E-state index in [2.05, 4.69) is 0 Å². The largest absolute Gasteiger partial charge is 0.461 e. The first-order valence-electron chi connectivity index (χ1n) is 8.25. The summed E-state index contributed by atoms with van der Waals surface area (Å²) in [6.07, 6.45) is -0.126. The number of carbonyl (C=O) groups is 2. The summed E-state index contributed by atoms with van der Waals surface area (Å²) in [4.78, 5) is 27.4. The molecule has 0 aliphatic carbocycles. The van der Waals surface area contributed by atoms with Crippen LogP contribution in [0, 0.1) is 0 Å². The van der Waals surface area contributed by atoms with Crippen LogP contribution in [0.15, 0.2) is 47.8 Å². The van der Waals surface area contributed by atoms with Crippen molar-refractivity contribution in [2.45, 2.75) is 45.5 Å². The molecule has 0 aliphatic heterocycles. The van der Waals surface area contributed by atoms with Gasteiger partial charge in [-0.05, 0) is 30.9 Å². The van der Waals surface area contributed by atoms with Gasteiger partial charge in [-0.3, -0.25) is 9.59 Å². The van der Waals surface area contributed by atoms with Gasteiger partial charge in [0.2, 0.25) is 5.91 Å². The fourth-order valence-electron chi connectivity index (χ4n) is 2.36. The lowest BCUT2D eigenvalue weighted by Gasteiger charge is -2.28. The first kappa shape index (κ1) is 19.1. The summed E-state index contributed by atoms with van der Waals surface area (Å²) >= 11 is 1.59. The molecule has 1 heterocycles. The molecular formula is C19H24N2O3S. The highest BCUT2D eigenvalue weighted by atomic mass is 32.1. The van der Waals surface area contributed by atoms with Crippen LogP contribution in [-0.2, 0) is 27.5 Å². The van der Waals surface area contributed by atoms with Gasteiger partial charge in [-0.2, -0.15) is 0 Å². The Bertz CT molecular complexity index is 671. The second-order valence-electron chi connectivity index (χ2n) is 6.10. The number of ether oxygens (including phenoxy) is 1. The van der Waals surface area contributed by atoms with Crippen LogP contribution in [0.25, 0.3) is 0 Å². The SMILES string of the molecule is CC(C)N(Cc1cccs1)C(=O)[C@@H](N)CC(=O)OCc1ccccc1. The Morgan fingerprint density at radius 3 is 2.48 bits per heavy atom. The van der Waals surface area contributed by atoms with Crippen molar-refractivity contribution in [1.82, 2.24) is 4.90 Å². The average molecular weight is 360 g/mol. The Labute approximate surface area is 152 Å². The molecule has 134 valence electrons. The van der Waals surface area contributed by atoms with Gasteiger partial charge in [-0.1, -0.05) is 36.4 Å². The van der Waals surface area contributed by atoms with Gasteiger partial charge in [0.1, 0.15) is 6.61 Å². The average Bonchev–Trinajstić information content (AvgIpc) is 3.11. The van der Waals surface area contributed by atoms with E-state index in [1.165, 1.54) is 0 Å². The van der Waals surface area contributed by atoms with Crippen molar-refractivity contribution >= 4 is 23.2 Å². The van der Waals surface area contributed by atoms with Crippen LogP contribution in [0.3, 0.4) is 0 Å². The summed E-state index contributed by atoms with van der Waals surface area (Å²) in [6.45, 7) is 4.56. The van der Waals surface area contributed by atoms with Crippen molar-refractivity contribution in [3.63, 3.8) is 0 Å². The van der Waals surface area contributed by atoms with Gasteiger partial charge in [-0.25, -0.2) is 0 Å². The summed E-state index contributed by atoms with van der Waals surface area (Å²) in [6, 6.07) is 12.4. The number of nitrogens with two attached hydrogens (primary N) is 1. The summed E-state index contributed by atoms with van der Waals surface area (Å²) in [5.74, 6) is -0.704. The Morgan fingerprint density at radius 1 is 1.16 bits per heavy atom. The van der Waals surface area contributed by atoms with Gasteiger partial charge in [0.15, 0.2) is 0 Å². The minimum atomic E-state index is -0.898. The highest BCUT2D eigenvalue weighted by Crippen LogP contribution is 2.15. The normalized spacial score (nSPS) is 12.0. The summed E-state index contributed by atoms with van der Waals surface area (Å²) < 4.78 is 5.21. The quantitative estimate of drug-likeness (QED) is 0.735. The smallest absolute Gasteiger partial charge is 0.308 e. The first-order valence-corrected chi connectivity index (χ1v) is 9.13. The lowest BCUT2D eigenvalue weighted by atomic mass is 10.1. The van der Waals surface area contributed by atoms with E-state index in [-0.39, 0.29) is 25.0 Å². The van der Waals surface area contributed by atoms with Crippen molar-refractivity contribution in [2.24, 2.45) is 5.73 Å². The molecule has 1 aromatic carbocycles. The Hall–Kier alpha value is -2.18. The highest BCUT2D eigenvalue weighted by molar-refractivity contribution is 7.09. The topological polar surface area (TPSA) is 72.6 Å². The molecule has 1 amide bonds. The van der Waals surface area contributed by atoms with Gasteiger partial charge < -0.3 is 15.4 Å². The van der Waals surface area contributed by atoms with Crippen LogP contribution in [-0.4, -0.2) is 28.9 Å². The molecule has 6 heteroatoms. The zero-order valence-corrected chi connectivity index (χ0v) is 15.4. The van der Waals surface area contributed by atoms with Crippen LogP contribution in [0.4, 0.5) is 0 Å². The molecule has 1 aromatic heterocycles. The van der Waals surface area contributed by atoms with Crippen LogP contribution in [0.1, 0.15) is 30.7 Å². The predicted molar refractivity (Wildman–Crippen MR) is 98.8 cm³/mol. The lowest BCUT2D eigenvalue weighted by Crippen LogP contribution is -2.47. The monoisotopic (exact) mass is 360 g/mol. The molecule has 2 N–H and O–H groups in total. The first-order chi connectivity index (χ1) is 12.0. The molecule has 0 aliphatic rings. The maximum Gasteiger partial charge on any atom is 0.308 e. The van der Waals surface area contributed by atoms with Crippen LogP contribution < -0.4 is 5.73 Å². The molecule has 2 aromatic rings. The van der Waals surface area contributed by atoms with E-state index < -0.39 is 12.0 Å². The molecule has 0 spiro atoms. The Kier molecular flexibility index (Phi) is 7.16. The van der Waals surface area contributed by atoms with E-state index in [4.69, 9.17) is 10.5 Å². The van der Waals surface area contributed by atoms with Crippen LogP contribution >= 0.6 is 11.3 Å². The number of hydrogen-bond donors (Lipinski definition) is 1. The van der Waals surface area contributed by atoms with E-state index in [1.807, 2.05) is 61.7 Å². The number of esters is 1. The van der Waals surface area contributed by atoms with Crippen molar-refractivity contribution in [3.05, 3.63) is 58.3 Å². The minimum Gasteiger partial charge on any atom is -0.461 e. The third-order valence-electron chi connectivity index (χ3n) is 3.76. The number of nitrogens with zero attached hydrogens (tertiary/aromatic N) is 1. The maximum atomic E-state index is 12.6. The maximum absolute atomic E-state index is 12.6. The Morgan fingerprint density at radius 2 is 1.88 bits per heavy atom. The third-order valence-corrected chi connectivity index (χ3v) is 4.62. The van der Waals surface area contributed by atoms with Crippen molar-refractivity contribution in [3.8, 4) is 0 Å². The van der Waals surface area contributed by atoms with Gasteiger partial charge in [0.25, 0.3) is 0 Å². The molecular weight excluding hydrogens is 336 g/mol. The number of hydrogen-bond acceptors (Lipinski definition) is 5. The molecule has 2 rings (SSSR count). The molecule has 0 bridgehead atoms. The number of benzene rings is 1. The molecule has 1 atom stereocenters. The lowest BCUT2D eigenvalue weighted by molar-refractivity contribution is -0.148. The highest BCUT2D eigenvalue weighted by Gasteiger charge is 2.26. The molecule has 25 heavy (non-hydrogen) atoms. The van der Waals surface area contributed by atoms with Gasteiger partial charge in [0.05, 0.1) is 19.0 Å². The summed E-state index contributed by atoms with van der Waals surface area (Å²) in [5, 5.41) is 1.97. The molecule has 0 saturated heterocycles. The number of rotatable bonds is 8. The van der Waals surface area contributed by atoms with Crippen LogP contribution in [0.2, 0.25) is 0 Å². The predicted octanol–water partition coefficient (Wildman–Crippen LogP) is 2.95. The van der Waals surface area contributed by atoms with Gasteiger partial charge in [0, 0.05) is 10.9 Å². The molecule has 0 radical (unpaired) electrons. The number of thiophene rings is 1.